The zero-order chi connectivity index (χ0) is 15.4. The number of carbonyl (C=O) groups excluding carboxylic acids is 1. The Morgan fingerprint density at radius 1 is 1.52 bits per heavy atom. The fourth-order valence-electron chi connectivity index (χ4n) is 1.67. The molecule has 0 spiro atoms. The number of nitrogens with one attached hydrogen (secondary N) is 1. The molecule has 0 saturated carbocycles. The number of rotatable bonds is 5. The molecule has 21 heavy (non-hydrogen) atoms. The molecule has 1 aromatic carbocycles. The molecule has 0 atom stereocenters. The molecule has 6 nitrogen and oxygen atoms in total. The van der Waals surface area contributed by atoms with Gasteiger partial charge in [0.1, 0.15) is 0 Å². The molecule has 0 bridgehead atoms. The van der Waals surface area contributed by atoms with Gasteiger partial charge in [0.25, 0.3) is 5.91 Å². The lowest BCUT2D eigenvalue weighted by atomic mass is 10.2. The van der Waals surface area contributed by atoms with Gasteiger partial charge in [0, 0.05) is 5.56 Å². The second kappa shape index (κ2) is 6.82. The third-order valence-corrected chi connectivity index (χ3v) is 3.24. The molecular formula is C13H13BrClN3O3. The molecule has 112 valence electrons. The summed E-state index contributed by atoms with van der Waals surface area (Å²) >= 11 is 9.38. The summed E-state index contributed by atoms with van der Waals surface area (Å²) < 4.78 is 11.4. The van der Waals surface area contributed by atoms with Gasteiger partial charge in [-0.15, -0.1) is 0 Å². The predicted octanol–water partition coefficient (Wildman–Crippen LogP) is 3.09. The smallest absolute Gasteiger partial charge is 0.271 e. The first kappa shape index (κ1) is 15.7. The molecule has 0 aliphatic rings. The average molecular weight is 375 g/mol. The Morgan fingerprint density at radius 3 is 2.86 bits per heavy atom. The Hall–Kier alpha value is -1.73. The molecule has 2 rings (SSSR count). The number of methoxy groups -OCH3 is 1. The molecule has 0 unspecified atom stereocenters. The van der Waals surface area contributed by atoms with Gasteiger partial charge in [-0.25, -0.2) is 5.43 Å². The van der Waals surface area contributed by atoms with Crippen LogP contribution in [0.1, 0.15) is 17.3 Å². The van der Waals surface area contributed by atoms with Crippen LogP contribution < -0.4 is 14.9 Å². The van der Waals surface area contributed by atoms with Crippen LogP contribution in [0.5, 0.6) is 11.5 Å². The van der Waals surface area contributed by atoms with Crippen LogP contribution in [0.4, 0.5) is 0 Å². The summed E-state index contributed by atoms with van der Waals surface area (Å²) in [6, 6.07) is 3.08. The SMILES string of the molecule is CCOc1c(Cl)cc(C(=O)Nn2cc(Br)cn2)cc1OC. The first-order valence-electron chi connectivity index (χ1n) is 6.07. The highest BCUT2D eigenvalue weighted by atomic mass is 79.9. The number of carbonyl (C=O) groups is 1. The largest absolute Gasteiger partial charge is 0.493 e. The van der Waals surface area contributed by atoms with Gasteiger partial charge in [0.05, 0.1) is 35.6 Å². The second-order valence-corrected chi connectivity index (χ2v) is 5.29. The van der Waals surface area contributed by atoms with Crippen molar-refractivity contribution in [2.45, 2.75) is 6.92 Å². The summed E-state index contributed by atoms with van der Waals surface area (Å²) in [6.45, 7) is 2.29. The molecule has 1 heterocycles. The number of benzene rings is 1. The van der Waals surface area contributed by atoms with E-state index in [9.17, 15) is 4.79 Å². The first-order chi connectivity index (χ1) is 10.0. The Labute approximate surface area is 135 Å². The maximum absolute atomic E-state index is 12.2. The quantitative estimate of drug-likeness (QED) is 0.873. The Balaban J connectivity index is 2.27. The molecule has 8 heteroatoms. The molecule has 1 N–H and O–H groups in total. The van der Waals surface area contributed by atoms with Crippen LogP contribution in [-0.4, -0.2) is 29.5 Å². The highest BCUT2D eigenvalue weighted by Gasteiger charge is 2.16. The number of ether oxygens (including phenoxy) is 2. The third-order valence-electron chi connectivity index (χ3n) is 2.55. The van der Waals surface area contributed by atoms with E-state index in [0.717, 1.165) is 4.47 Å². The Kier molecular flexibility index (Phi) is 5.08. The van der Waals surface area contributed by atoms with Crippen molar-refractivity contribution in [3.8, 4) is 11.5 Å². The van der Waals surface area contributed by atoms with Gasteiger partial charge in [0.15, 0.2) is 11.5 Å². The molecule has 2 aromatic rings. The minimum Gasteiger partial charge on any atom is -0.493 e. The van der Waals surface area contributed by atoms with E-state index in [1.165, 1.54) is 18.0 Å². The van der Waals surface area contributed by atoms with Crippen molar-refractivity contribution in [1.82, 2.24) is 9.89 Å². The number of hydrogen-bond acceptors (Lipinski definition) is 4. The molecule has 0 radical (unpaired) electrons. The van der Waals surface area contributed by atoms with Gasteiger partial charge >= 0.3 is 0 Å². The molecule has 0 aliphatic carbocycles. The van der Waals surface area contributed by atoms with E-state index in [1.807, 2.05) is 6.92 Å². The fourth-order valence-corrected chi connectivity index (χ4v) is 2.22. The Bertz CT molecular complexity index is 660. The topological polar surface area (TPSA) is 65.4 Å². The molecule has 0 saturated heterocycles. The second-order valence-electron chi connectivity index (χ2n) is 3.97. The Morgan fingerprint density at radius 2 is 2.29 bits per heavy atom. The minimum absolute atomic E-state index is 0.308. The van der Waals surface area contributed by atoms with Crippen molar-refractivity contribution in [3.63, 3.8) is 0 Å². The number of nitrogens with zero attached hydrogens (tertiary/aromatic N) is 2. The van der Waals surface area contributed by atoms with Gasteiger partial charge in [0.2, 0.25) is 0 Å². The van der Waals surface area contributed by atoms with Crippen molar-refractivity contribution < 1.29 is 14.3 Å². The van der Waals surface area contributed by atoms with Crippen LogP contribution in [0.15, 0.2) is 29.0 Å². The van der Waals surface area contributed by atoms with Gasteiger partial charge in [-0.3, -0.25) is 4.79 Å². The standard InChI is InChI=1S/C13H13BrClN3O3/c1-3-21-12-10(15)4-8(5-11(12)20-2)13(19)17-18-7-9(14)6-16-18/h4-7H,3H2,1-2H3,(H,17,19). The normalized spacial score (nSPS) is 10.3. The summed E-state index contributed by atoms with van der Waals surface area (Å²) in [4.78, 5) is 13.5. The van der Waals surface area contributed by atoms with Crippen LogP contribution >= 0.6 is 27.5 Å². The minimum atomic E-state index is -0.367. The lowest BCUT2D eigenvalue weighted by Crippen LogP contribution is -2.23. The van der Waals surface area contributed by atoms with Crippen molar-refractivity contribution >= 4 is 33.4 Å². The van der Waals surface area contributed by atoms with Crippen LogP contribution in [0, 0.1) is 0 Å². The van der Waals surface area contributed by atoms with Crippen molar-refractivity contribution in [3.05, 3.63) is 39.6 Å². The number of halogens is 2. The highest BCUT2D eigenvalue weighted by molar-refractivity contribution is 9.10. The van der Waals surface area contributed by atoms with Gasteiger partial charge in [-0.2, -0.15) is 9.89 Å². The number of hydrogen-bond donors (Lipinski definition) is 1. The molecular weight excluding hydrogens is 362 g/mol. The van der Waals surface area contributed by atoms with E-state index >= 15 is 0 Å². The van der Waals surface area contributed by atoms with Gasteiger partial charge < -0.3 is 9.47 Å². The maximum Gasteiger partial charge on any atom is 0.271 e. The van der Waals surface area contributed by atoms with E-state index in [1.54, 1.807) is 18.5 Å². The third kappa shape index (κ3) is 3.68. The van der Waals surface area contributed by atoms with Gasteiger partial charge in [-0.1, -0.05) is 11.6 Å². The van der Waals surface area contributed by atoms with E-state index in [4.69, 9.17) is 21.1 Å². The van der Waals surface area contributed by atoms with Crippen LogP contribution in [0.2, 0.25) is 5.02 Å². The van der Waals surface area contributed by atoms with Crippen molar-refractivity contribution in [1.29, 1.82) is 0 Å². The monoisotopic (exact) mass is 373 g/mol. The van der Waals surface area contributed by atoms with Crippen LogP contribution in [-0.2, 0) is 0 Å². The lowest BCUT2D eigenvalue weighted by Gasteiger charge is -2.13. The van der Waals surface area contributed by atoms with E-state index in [0.29, 0.717) is 28.7 Å². The summed E-state index contributed by atoms with van der Waals surface area (Å²) in [5.41, 5.74) is 2.93. The fraction of sp³-hybridized carbons (Fsp3) is 0.231. The van der Waals surface area contributed by atoms with E-state index in [2.05, 4.69) is 26.5 Å². The lowest BCUT2D eigenvalue weighted by molar-refractivity contribution is 0.100. The summed E-state index contributed by atoms with van der Waals surface area (Å²) in [7, 11) is 1.49. The van der Waals surface area contributed by atoms with Gasteiger partial charge in [-0.05, 0) is 35.0 Å². The van der Waals surface area contributed by atoms with Crippen molar-refractivity contribution in [2.75, 3.05) is 19.1 Å². The van der Waals surface area contributed by atoms with Crippen LogP contribution in [0.25, 0.3) is 0 Å². The average Bonchev–Trinajstić information content (AvgIpc) is 2.86. The zero-order valence-electron chi connectivity index (χ0n) is 11.4. The molecule has 1 aromatic heterocycles. The van der Waals surface area contributed by atoms with E-state index < -0.39 is 0 Å². The molecule has 0 fully saturated rings. The van der Waals surface area contributed by atoms with E-state index in [-0.39, 0.29) is 5.91 Å². The summed E-state index contributed by atoms with van der Waals surface area (Å²) in [5.74, 6) is 0.449. The zero-order valence-corrected chi connectivity index (χ0v) is 13.7. The predicted molar refractivity (Wildman–Crippen MR) is 82.8 cm³/mol. The number of amides is 1. The van der Waals surface area contributed by atoms with Crippen molar-refractivity contribution in [2.24, 2.45) is 0 Å². The van der Waals surface area contributed by atoms with Crippen LogP contribution in [0.3, 0.4) is 0 Å². The highest BCUT2D eigenvalue weighted by Crippen LogP contribution is 2.36. The first-order valence-corrected chi connectivity index (χ1v) is 7.24. The molecule has 1 amide bonds. The molecule has 0 aliphatic heterocycles. The maximum atomic E-state index is 12.2. The summed E-state index contributed by atoms with van der Waals surface area (Å²) in [6.07, 6.45) is 3.18. The number of aromatic nitrogens is 2. The summed E-state index contributed by atoms with van der Waals surface area (Å²) in [5, 5.41) is 4.25.